The second-order valence-electron chi connectivity index (χ2n) is 1.53. The predicted octanol–water partition coefficient (Wildman–Crippen LogP) is 3.11. The Morgan fingerprint density at radius 2 is 1.67 bits per heavy atom. The van der Waals surface area contributed by atoms with Crippen molar-refractivity contribution < 1.29 is 4.39 Å². The van der Waals surface area contributed by atoms with Crippen molar-refractivity contribution in [1.82, 2.24) is 0 Å². The summed E-state index contributed by atoms with van der Waals surface area (Å²) in [6.45, 7) is 6.14. The van der Waals surface area contributed by atoms with E-state index < -0.39 is 0 Å². The van der Waals surface area contributed by atoms with Gasteiger partial charge in [-0.05, 0) is 20.8 Å². The molecule has 0 bridgehead atoms. The summed E-state index contributed by atoms with van der Waals surface area (Å²) in [4.78, 5) is 0. The van der Waals surface area contributed by atoms with Gasteiger partial charge in [-0.15, -0.1) is 0 Å². The summed E-state index contributed by atoms with van der Waals surface area (Å²) in [6, 6.07) is 0. The Labute approximate surface area is 57.1 Å². The zero-order chi connectivity index (χ0) is 7.70. The lowest BCUT2D eigenvalue weighted by Crippen LogP contribution is -1.60. The molecule has 0 atom stereocenters. The molecule has 0 aliphatic rings. The van der Waals surface area contributed by atoms with Crippen LogP contribution in [-0.2, 0) is 0 Å². The van der Waals surface area contributed by atoms with Gasteiger partial charge in [-0.3, -0.25) is 4.39 Å². The molecule has 9 heavy (non-hydrogen) atoms. The first kappa shape index (κ1) is 11.2. The quantitative estimate of drug-likeness (QED) is 0.478. The van der Waals surface area contributed by atoms with Crippen molar-refractivity contribution in [2.75, 3.05) is 7.18 Å². The van der Waals surface area contributed by atoms with Gasteiger partial charge in [-0.25, -0.2) is 0 Å². The SMILES string of the molecule is C/C=C\C(C)=C/C.CF. The zero-order valence-electron chi connectivity index (χ0n) is 6.61. The van der Waals surface area contributed by atoms with Crippen LogP contribution in [0, 0.1) is 0 Å². The number of rotatable bonds is 1. The second-order valence-corrected chi connectivity index (χ2v) is 1.53. The summed E-state index contributed by atoms with van der Waals surface area (Å²) in [6.07, 6.45) is 6.20. The smallest absolute Gasteiger partial charge is 0.0785 e. The summed E-state index contributed by atoms with van der Waals surface area (Å²) in [5.74, 6) is 0. The molecule has 54 valence electrons. The van der Waals surface area contributed by atoms with E-state index in [9.17, 15) is 4.39 Å². The van der Waals surface area contributed by atoms with Crippen molar-refractivity contribution in [1.29, 1.82) is 0 Å². The molecule has 1 heteroatoms. The minimum Gasteiger partial charge on any atom is -0.255 e. The van der Waals surface area contributed by atoms with E-state index >= 15 is 0 Å². The van der Waals surface area contributed by atoms with Gasteiger partial charge in [0.25, 0.3) is 0 Å². The molecule has 0 heterocycles. The lowest BCUT2D eigenvalue weighted by atomic mass is 10.3. The zero-order valence-corrected chi connectivity index (χ0v) is 6.61. The minimum absolute atomic E-state index is 0.500. The van der Waals surface area contributed by atoms with E-state index in [-0.39, 0.29) is 0 Å². The van der Waals surface area contributed by atoms with E-state index in [1.807, 2.05) is 19.9 Å². The monoisotopic (exact) mass is 130 g/mol. The molecule has 0 nitrogen and oxygen atoms in total. The molecule has 0 aliphatic carbocycles. The molecule has 0 amide bonds. The summed E-state index contributed by atoms with van der Waals surface area (Å²) in [5.41, 5.74) is 1.32. The third-order valence-corrected chi connectivity index (χ3v) is 0.885. The molecule has 0 N–H and O–H groups in total. The van der Waals surface area contributed by atoms with Gasteiger partial charge in [0.15, 0.2) is 0 Å². The van der Waals surface area contributed by atoms with Crippen LogP contribution in [0.5, 0.6) is 0 Å². The van der Waals surface area contributed by atoms with Crippen molar-refractivity contribution in [3.63, 3.8) is 0 Å². The van der Waals surface area contributed by atoms with Gasteiger partial charge in [0, 0.05) is 0 Å². The van der Waals surface area contributed by atoms with Gasteiger partial charge in [0.05, 0.1) is 7.18 Å². The lowest BCUT2D eigenvalue weighted by Gasteiger charge is -1.81. The first-order chi connectivity index (χ1) is 4.31. The largest absolute Gasteiger partial charge is 0.255 e. The van der Waals surface area contributed by atoms with Crippen molar-refractivity contribution >= 4 is 0 Å². The molecule has 0 aliphatic heterocycles. The van der Waals surface area contributed by atoms with Gasteiger partial charge in [0.2, 0.25) is 0 Å². The fourth-order valence-corrected chi connectivity index (χ4v) is 0.359. The Bertz CT molecular complexity index is 90.7. The number of hydrogen-bond acceptors (Lipinski definition) is 0. The fraction of sp³-hybridized carbons (Fsp3) is 0.500. The Morgan fingerprint density at radius 1 is 1.22 bits per heavy atom. The Balaban J connectivity index is 0. The number of allylic oxidation sites excluding steroid dienone is 4. The highest BCUT2D eigenvalue weighted by Crippen LogP contribution is 1.91. The lowest BCUT2D eigenvalue weighted by molar-refractivity contribution is 0.636. The molecule has 0 saturated heterocycles. The summed E-state index contributed by atoms with van der Waals surface area (Å²) < 4.78 is 9.50. The van der Waals surface area contributed by atoms with Crippen molar-refractivity contribution in [3.05, 3.63) is 23.8 Å². The normalized spacial score (nSPS) is 11.0. The second kappa shape index (κ2) is 10.4. The van der Waals surface area contributed by atoms with Crippen molar-refractivity contribution in [2.45, 2.75) is 20.8 Å². The molecular formula is C8H15F. The van der Waals surface area contributed by atoms with E-state index in [4.69, 9.17) is 0 Å². The Morgan fingerprint density at radius 3 is 1.78 bits per heavy atom. The molecular weight excluding hydrogens is 115 g/mol. The third-order valence-electron chi connectivity index (χ3n) is 0.885. The molecule has 0 rings (SSSR count). The van der Waals surface area contributed by atoms with E-state index in [1.54, 1.807) is 0 Å². The fourth-order valence-electron chi connectivity index (χ4n) is 0.359. The molecule has 0 aromatic rings. The van der Waals surface area contributed by atoms with Gasteiger partial charge in [0.1, 0.15) is 0 Å². The number of halogens is 1. The summed E-state index contributed by atoms with van der Waals surface area (Å²) in [5, 5.41) is 0. The molecule has 0 aromatic heterocycles. The predicted molar refractivity (Wildman–Crippen MR) is 41.3 cm³/mol. The highest BCUT2D eigenvalue weighted by Gasteiger charge is 1.69. The van der Waals surface area contributed by atoms with E-state index in [0.29, 0.717) is 7.18 Å². The van der Waals surface area contributed by atoms with Crippen LogP contribution < -0.4 is 0 Å². The maximum atomic E-state index is 9.50. The first-order valence-electron chi connectivity index (χ1n) is 2.94. The highest BCUT2D eigenvalue weighted by atomic mass is 19.1. The van der Waals surface area contributed by atoms with Gasteiger partial charge in [-0.1, -0.05) is 23.8 Å². The van der Waals surface area contributed by atoms with Crippen LogP contribution in [0.25, 0.3) is 0 Å². The summed E-state index contributed by atoms with van der Waals surface area (Å²) >= 11 is 0. The van der Waals surface area contributed by atoms with E-state index in [0.717, 1.165) is 0 Å². The average molecular weight is 130 g/mol. The van der Waals surface area contributed by atoms with Crippen LogP contribution >= 0.6 is 0 Å². The van der Waals surface area contributed by atoms with Gasteiger partial charge < -0.3 is 0 Å². The molecule has 0 fully saturated rings. The maximum absolute atomic E-state index is 9.50. The minimum atomic E-state index is 0.500. The van der Waals surface area contributed by atoms with Crippen LogP contribution in [0.4, 0.5) is 4.39 Å². The molecule has 0 aromatic carbocycles. The van der Waals surface area contributed by atoms with Crippen LogP contribution in [0.2, 0.25) is 0 Å². The summed E-state index contributed by atoms with van der Waals surface area (Å²) in [7, 11) is 0.500. The molecule has 0 saturated carbocycles. The third kappa shape index (κ3) is 11.2. The van der Waals surface area contributed by atoms with Gasteiger partial charge in [-0.2, -0.15) is 0 Å². The first-order valence-corrected chi connectivity index (χ1v) is 2.94. The topological polar surface area (TPSA) is 0 Å². The number of hydrogen-bond donors (Lipinski definition) is 0. The molecule has 0 unspecified atom stereocenters. The van der Waals surface area contributed by atoms with E-state index in [2.05, 4.69) is 19.1 Å². The van der Waals surface area contributed by atoms with Gasteiger partial charge >= 0.3 is 0 Å². The van der Waals surface area contributed by atoms with Crippen LogP contribution in [0.1, 0.15) is 20.8 Å². The standard InChI is InChI=1S/C7H12.CH3F/c1-4-6-7(3)5-2;1-2/h4-6H,1-3H3;1H3/b6-4-,7-5-;. The highest BCUT2D eigenvalue weighted by molar-refractivity contribution is 5.13. The van der Waals surface area contributed by atoms with Crippen LogP contribution in [0.3, 0.4) is 0 Å². The molecule has 0 radical (unpaired) electrons. The molecule has 0 spiro atoms. The Kier molecular flexibility index (Phi) is 13.0. The van der Waals surface area contributed by atoms with E-state index in [1.165, 1.54) is 5.57 Å². The maximum Gasteiger partial charge on any atom is 0.0785 e. The Hall–Kier alpha value is -0.590. The number of alkyl halides is 1. The van der Waals surface area contributed by atoms with Crippen LogP contribution in [0.15, 0.2) is 23.8 Å². The van der Waals surface area contributed by atoms with Crippen molar-refractivity contribution in [3.8, 4) is 0 Å². The van der Waals surface area contributed by atoms with Crippen molar-refractivity contribution in [2.24, 2.45) is 0 Å². The van der Waals surface area contributed by atoms with Crippen LogP contribution in [-0.4, -0.2) is 7.18 Å². The average Bonchev–Trinajstić information content (AvgIpc) is 1.93.